The third-order valence-electron chi connectivity index (χ3n) is 1.76. The van der Waals surface area contributed by atoms with Crippen molar-refractivity contribution >= 4 is 33.6 Å². The molecule has 0 radical (unpaired) electrons. The zero-order chi connectivity index (χ0) is 11.1. The molecule has 1 aromatic heterocycles. The van der Waals surface area contributed by atoms with E-state index < -0.39 is 0 Å². The summed E-state index contributed by atoms with van der Waals surface area (Å²) < 4.78 is 0.680. The molecule has 0 fully saturated rings. The van der Waals surface area contributed by atoms with Gasteiger partial charge in [-0.2, -0.15) is 11.8 Å². The summed E-state index contributed by atoms with van der Waals surface area (Å²) in [6, 6.07) is 5.30. The van der Waals surface area contributed by atoms with Gasteiger partial charge in [-0.05, 0) is 46.5 Å². The summed E-state index contributed by atoms with van der Waals surface area (Å²) in [5.74, 6) is 0.948. The number of rotatable bonds is 5. The van der Waals surface area contributed by atoms with E-state index in [9.17, 15) is 4.79 Å². The molecule has 0 atom stereocenters. The molecule has 0 unspecified atom stereocenters. The van der Waals surface area contributed by atoms with Crippen molar-refractivity contribution < 1.29 is 4.79 Å². The number of hydrogen-bond acceptors (Lipinski definition) is 3. The minimum absolute atomic E-state index is 0.114. The monoisotopic (exact) mass is 288 g/mol. The van der Waals surface area contributed by atoms with E-state index in [1.807, 2.05) is 0 Å². The van der Waals surface area contributed by atoms with E-state index in [-0.39, 0.29) is 5.91 Å². The minimum atomic E-state index is -0.114. The summed E-state index contributed by atoms with van der Waals surface area (Å²) in [6.45, 7) is 0.702. The van der Waals surface area contributed by atoms with Gasteiger partial charge >= 0.3 is 0 Å². The number of hydrogen-bond donors (Lipinski definition) is 1. The molecule has 5 heteroatoms. The van der Waals surface area contributed by atoms with Gasteiger partial charge in [0.05, 0.1) is 0 Å². The Kier molecular flexibility index (Phi) is 5.71. The molecule has 82 valence electrons. The normalized spacial score (nSPS) is 10.0. The molecule has 0 aliphatic carbocycles. The van der Waals surface area contributed by atoms with E-state index in [2.05, 4.69) is 32.5 Å². The van der Waals surface area contributed by atoms with Crippen LogP contribution in [0, 0.1) is 0 Å². The van der Waals surface area contributed by atoms with Crippen LogP contribution in [0.15, 0.2) is 22.8 Å². The van der Waals surface area contributed by atoms with Gasteiger partial charge in [0.25, 0.3) is 5.91 Å². The van der Waals surface area contributed by atoms with E-state index >= 15 is 0 Å². The van der Waals surface area contributed by atoms with Crippen molar-refractivity contribution in [2.45, 2.75) is 6.42 Å². The van der Waals surface area contributed by atoms with Crippen LogP contribution < -0.4 is 5.32 Å². The zero-order valence-electron chi connectivity index (χ0n) is 8.50. The maximum absolute atomic E-state index is 11.6. The van der Waals surface area contributed by atoms with Gasteiger partial charge < -0.3 is 5.32 Å². The van der Waals surface area contributed by atoms with Gasteiger partial charge in [-0.15, -0.1) is 0 Å². The first kappa shape index (κ1) is 12.5. The summed E-state index contributed by atoms with van der Waals surface area (Å²) in [6.07, 6.45) is 3.04. The van der Waals surface area contributed by atoms with Gasteiger partial charge in [0, 0.05) is 6.54 Å². The topological polar surface area (TPSA) is 42.0 Å². The molecule has 0 aliphatic rings. The average molecular weight is 289 g/mol. The Labute approximate surface area is 102 Å². The number of halogens is 1. The number of nitrogens with one attached hydrogen (secondary N) is 1. The van der Waals surface area contributed by atoms with Crippen LogP contribution in [0.2, 0.25) is 0 Å². The highest BCUT2D eigenvalue weighted by atomic mass is 79.9. The SMILES string of the molecule is CSCCCNC(=O)c1cccc(Br)n1. The molecule has 0 saturated heterocycles. The molecule has 1 amide bonds. The van der Waals surface area contributed by atoms with Crippen molar-refractivity contribution in [3.05, 3.63) is 28.5 Å². The Balaban J connectivity index is 2.40. The first-order chi connectivity index (χ1) is 7.24. The Morgan fingerprint density at radius 3 is 3.07 bits per heavy atom. The van der Waals surface area contributed by atoms with Crippen LogP contribution >= 0.6 is 27.7 Å². The van der Waals surface area contributed by atoms with Crippen LogP contribution in [0.25, 0.3) is 0 Å². The van der Waals surface area contributed by atoms with Crippen molar-refractivity contribution in [3.8, 4) is 0 Å². The Bertz CT molecular complexity index is 333. The second-order valence-corrected chi connectivity index (χ2v) is 4.75. The smallest absolute Gasteiger partial charge is 0.269 e. The lowest BCUT2D eigenvalue weighted by Crippen LogP contribution is -2.25. The van der Waals surface area contributed by atoms with Crippen molar-refractivity contribution in [1.29, 1.82) is 0 Å². The summed E-state index contributed by atoms with van der Waals surface area (Å²) in [5.41, 5.74) is 0.452. The lowest BCUT2D eigenvalue weighted by Gasteiger charge is -2.03. The summed E-state index contributed by atoms with van der Waals surface area (Å²) in [7, 11) is 0. The van der Waals surface area contributed by atoms with E-state index in [0.717, 1.165) is 12.2 Å². The predicted molar refractivity (Wildman–Crippen MR) is 67.3 cm³/mol. The fourth-order valence-electron chi connectivity index (χ4n) is 1.04. The quantitative estimate of drug-likeness (QED) is 0.668. The van der Waals surface area contributed by atoms with Crippen molar-refractivity contribution in [2.24, 2.45) is 0 Å². The first-order valence-electron chi connectivity index (χ1n) is 4.63. The molecule has 1 rings (SSSR count). The molecule has 1 aromatic rings. The number of thioether (sulfide) groups is 1. The first-order valence-corrected chi connectivity index (χ1v) is 6.82. The van der Waals surface area contributed by atoms with Crippen LogP contribution in [-0.2, 0) is 0 Å². The summed E-state index contributed by atoms with van der Waals surface area (Å²) in [4.78, 5) is 15.6. The van der Waals surface area contributed by atoms with Gasteiger partial charge in [0.2, 0.25) is 0 Å². The molecule has 0 aliphatic heterocycles. The van der Waals surface area contributed by atoms with Gasteiger partial charge in [0.1, 0.15) is 10.3 Å². The summed E-state index contributed by atoms with van der Waals surface area (Å²) >= 11 is 5.01. The number of carbonyl (C=O) groups excluding carboxylic acids is 1. The Hall–Kier alpha value is -0.550. The van der Waals surface area contributed by atoms with Crippen molar-refractivity contribution in [1.82, 2.24) is 10.3 Å². The lowest BCUT2D eigenvalue weighted by molar-refractivity contribution is 0.0948. The second kappa shape index (κ2) is 6.85. The highest BCUT2D eigenvalue weighted by molar-refractivity contribution is 9.10. The van der Waals surface area contributed by atoms with Crippen LogP contribution in [0.3, 0.4) is 0 Å². The van der Waals surface area contributed by atoms with E-state index in [1.165, 1.54) is 0 Å². The molecular weight excluding hydrogens is 276 g/mol. The number of nitrogens with zero attached hydrogens (tertiary/aromatic N) is 1. The van der Waals surface area contributed by atoms with Gasteiger partial charge in [-0.1, -0.05) is 6.07 Å². The molecule has 1 heterocycles. The third-order valence-corrected chi connectivity index (χ3v) is 2.90. The van der Waals surface area contributed by atoms with E-state index in [0.29, 0.717) is 16.8 Å². The number of amides is 1. The molecular formula is C10H13BrN2OS. The van der Waals surface area contributed by atoms with Crippen LogP contribution in [0.1, 0.15) is 16.9 Å². The number of pyridine rings is 1. The average Bonchev–Trinajstić information content (AvgIpc) is 2.24. The fraction of sp³-hybridized carbons (Fsp3) is 0.400. The van der Waals surface area contributed by atoms with Gasteiger partial charge in [-0.25, -0.2) is 4.98 Å². The minimum Gasteiger partial charge on any atom is -0.351 e. The van der Waals surface area contributed by atoms with Crippen molar-refractivity contribution in [2.75, 3.05) is 18.6 Å². The molecule has 1 N–H and O–H groups in total. The van der Waals surface area contributed by atoms with Gasteiger partial charge in [-0.3, -0.25) is 4.79 Å². The number of aromatic nitrogens is 1. The predicted octanol–water partition coefficient (Wildman–Crippen LogP) is 2.33. The molecule has 0 bridgehead atoms. The number of carbonyl (C=O) groups is 1. The Morgan fingerprint density at radius 2 is 2.40 bits per heavy atom. The van der Waals surface area contributed by atoms with Gasteiger partial charge in [0.15, 0.2) is 0 Å². The van der Waals surface area contributed by atoms with Crippen molar-refractivity contribution in [3.63, 3.8) is 0 Å². The van der Waals surface area contributed by atoms with Crippen LogP contribution in [0.5, 0.6) is 0 Å². The maximum atomic E-state index is 11.6. The zero-order valence-corrected chi connectivity index (χ0v) is 10.9. The lowest BCUT2D eigenvalue weighted by atomic mass is 10.3. The molecule has 0 aromatic carbocycles. The van der Waals surface area contributed by atoms with E-state index in [1.54, 1.807) is 30.0 Å². The highest BCUT2D eigenvalue weighted by Crippen LogP contribution is 2.06. The Morgan fingerprint density at radius 1 is 1.60 bits per heavy atom. The molecule has 0 spiro atoms. The third kappa shape index (κ3) is 4.66. The van der Waals surface area contributed by atoms with Crippen LogP contribution in [0.4, 0.5) is 0 Å². The molecule has 0 saturated carbocycles. The largest absolute Gasteiger partial charge is 0.351 e. The highest BCUT2D eigenvalue weighted by Gasteiger charge is 2.05. The maximum Gasteiger partial charge on any atom is 0.269 e. The molecule has 3 nitrogen and oxygen atoms in total. The second-order valence-electron chi connectivity index (χ2n) is 2.95. The van der Waals surface area contributed by atoms with E-state index in [4.69, 9.17) is 0 Å². The molecule has 15 heavy (non-hydrogen) atoms. The summed E-state index contributed by atoms with van der Waals surface area (Å²) in [5, 5.41) is 2.83. The van der Waals surface area contributed by atoms with Crippen LogP contribution in [-0.4, -0.2) is 29.4 Å². The standard InChI is InChI=1S/C10H13BrN2OS/c1-15-7-3-6-12-10(14)8-4-2-5-9(11)13-8/h2,4-5H,3,6-7H2,1H3,(H,12,14). The fourth-order valence-corrected chi connectivity index (χ4v) is 1.82.